The third-order valence-corrected chi connectivity index (χ3v) is 1.67. The van der Waals surface area contributed by atoms with Crippen LogP contribution in [0.25, 0.3) is 0 Å². The number of rotatable bonds is 3. The van der Waals surface area contributed by atoms with E-state index in [1.54, 1.807) is 0 Å². The van der Waals surface area contributed by atoms with Crippen molar-refractivity contribution in [3.63, 3.8) is 0 Å². The topological polar surface area (TPSA) is 18.5 Å². The van der Waals surface area contributed by atoms with Gasteiger partial charge in [-0.05, 0) is 18.8 Å². The first-order valence-electron chi connectivity index (χ1n) is 4.02. The van der Waals surface area contributed by atoms with Crippen molar-refractivity contribution in [3.8, 4) is 0 Å². The van der Waals surface area contributed by atoms with Crippen molar-refractivity contribution in [1.29, 1.82) is 0 Å². The quantitative estimate of drug-likeness (QED) is 0.601. The molecule has 0 amide bonds. The first-order valence-corrected chi connectivity index (χ1v) is 4.02. The monoisotopic (exact) mass is 144 g/mol. The van der Waals surface area contributed by atoms with Gasteiger partial charge in [0.25, 0.3) is 0 Å². The van der Waals surface area contributed by atoms with Crippen LogP contribution in [0.4, 0.5) is 0 Å². The van der Waals surface area contributed by atoms with Crippen molar-refractivity contribution < 1.29 is 9.47 Å². The van der Waals surface area contributed by atoms with E-state index in [1.165, 1.54) is 6.42 Å². The van der Waals surface area contributed by atoms with Crippen molar-refractivity contribution in [1.82, 2.24) is 0 Å². The summed E-state index contributed by atoms with van der Waals surface area (Å²) in [4.78, 5) is 0. The number of hydrogen-bond acceptors (Lipinski definition) is 2. The van der Waals surface area contributed by atoms with Gasteiger partial charge < -0.3 is 9.47 Å². The molecule has 0 bridgehead atoms. The van der Waals surface area contributed by atoms with Gasteiger partial charge in [-0.1, -0.05) is 13.8 Å². The predicted molar refractivity (Wildman–Crippen MR) is 39.8 cm³/mol. The average Bonchev–Trinajstić information content (AvgIpc) is 2.34. The van der Waals surface area contributed by atoms with Gasteiger partial charge in [0.15, 0.2) is 6.29 Å². The summed E-state index contributed by atoms with van der Waals surface area (Å²) in [7, 11) is 0. The summed E-state index contributed by atoms with van der Waals surface area (Å²) >= 11 is 0. The van der Waals surface area contributed by atoms with Crippen LogP contribution in [0.5, 0.6) is 0 Å². The molecule has 0 aromatic carbocycles. The largest absolute Gasteiger partial charge is 0.350 e. The Morgan fingerprint density at radius 1 is 1.30 bits per heavy atom. The second kappa shape index (κ2) is 3.94. The molecule has 1 rings (SSSR count). The molecule has 1 aliphatic heterocycles. The number of hydrogen-bond donors (Lipinski definition) is 0. The van der Waals surface area contributed by atoms with Crippen LogP contribution in [-0.2, 0) is 9.47 Å². The maximum atomic E-state index is 5.28. The van der Waals surface area contributed by atoms with E-state index in [-0.39, 0.29) is 6.29 Å². The molecule has 1 fully saturated rings. The Labute approximate surface area is 62.5 Å². The van der Waals surface area contributed by atoms with Gasteiger partial charge in [0.1, 0.15) is 0 Å². The normalized spacial score (nSPS) is 20.7. The first-order chi connectivity index (χ1) is 4.79. The van der Waals surface area contributed by atoms with E-state index >= 15 is 0 Å². The SMILES string of the molecule is CC(C)CCC1OCCO1. The molecule has 0 aromatic heterocycles. The molecule has 1 saturated heterocycles. The van der Waals surface area contributed by atoms with Crippen LogP contribution >= 0.6 is 0 Å². The van der Waals surface area contributed by atoms with Crippen molar-refractivity contribution >= 4 is 0 Å². The Kier molecular flexibility index (Phi) is 3.16. The Morgan fingerprint density at radius 3 is 2.40 bits per heavy atom. The van der Waals surface area contributed by atoms with E-state index in [2.05, 4.69) is 13.8 Å². The summed E-state index contributed by atoms with van der Waals surface area (Å²) in [5.74, 6) is 0.757. The lowest BCUT2D eigenvalue weighted by Crippen LogP contribution is -2.08. The molecule has 0 atom stereocenters. The second-order valence-corrected chi connectivity index (χ2v) is 3.14. The lowest BCUT2D eigenvalue weighted by atomic mass is 10.1. The zero-order valence-electron chi connectivity index (χ0n) is 6.80. The maximum absolute atomic E-state index is 5.28. The molecule has 0 saturated carbocycles. The van der Waals surface area contributed by atoms with Crippen LogP contribution in [0.2, 0.25) is 0 Å². The summed E-state index contributed by atoms with van der Waals surface area (Å²) in [6, 6.07) is 0. The third kappa shape index (κ3) is 2.67. The van der Waals surface area contributed by atoms with E-state index in [1.807, 2.05) is 0 Å². The minimum Gasteiger partial charge on any atom is -0.350 e. The number of ether oxygens (including phenoxy) is 2. The van der Waals surface area contributed by atoms with Crippen LogP contribution in [0.3, 0.4) is 0 Å². The van der Waals surface area contributed by atoms with Gasteiger partial charge in [-0.25, -0.2) is 0 Å². The summed E-state index contributed by atoms with van der Waals surface area (Å²) in [5, 5.41) is 0. The van der Waals surface area contributed by atoms with Crippen LogP contribution in [0.15, 0.2) is 0 Å². The van der Waals surface area contributed by atoms with Crippen molar-refractivity contribution in [3.05, 3.63) is 0 Å². The van der Waals surface area contributed by atoms with E-state index in [4.69, 9.17) is 9.47 Å². The average molecular weight is 144 g/mol. The highest BCUT2D eigenvalue weighted by molar-refractivity contribution is 4.54. The van der Waals surface area contributed by atoms with E-state index in [0.29, 0.717) is 0 Å². The van der Waals surface area contributed by atoms with E-state index in [9.17, 15) is 0 Å². The molecule has 1 heterocycles. The van der Waals surface area contributed by atoms with Crippen molar-refractivity contribution in [2.45, 2.75) is 33.0 Å². The minimum absolute atomic E-state index is 0.0994. The summed E-state index contributed by atoms with van der Waals surface area (Å²) < 4.78 is 10.6. The molecule has 0 spiro atoms. The lowest BCUT2D eigenvalue weighted by Gasteiger charge is -2.09. The van der Waals surface area contributed by atoms with Crippen LogP contribution in [0.1, 0.15) is 26.7 Å². The highest BCUT2D eigenvalue weighted by Gasteiger charge is 2.15. The Hall–Kier alpha value is -0.0800. The first kappa shape index (κ1) is 8.02. The standard InChI is InChI=1S/C8H16O2/c1-7(2)3-4-8-9-5-6-10-8/h7-8H,3-6H2,1-2H3. The molecule has 0 aliphatic carbocycles. The zero-order valence-corrected chi connectivity index (χ0v) is 6.80. The van der Waals surface area contributed by atoms with Gasteiger partial charge in [0, 0.05) is 0 Å². The summed E-state index contributed by atoms with van der Waals surface area (Å²) in [6.07, 6.45) is 2.35. The van der Waals surface area contributed by atoms with Crippen LogP contribution in [-0.4, -0.2) is 19.5 Å². The molecule has 0 radical (unpaired) electrons. The Balaban J connectivity index is 2.01. The third-order valence-electron chi connectivity index (χ3n) is 1.67. The fraction of sp³-hybridized carbons (Fsp3) is 1.00. The minimum atomic E-state index is 0.0994. The molecular formula is C8H16O2. The van der Waals surface area contributed by atoms with Crippen LogP contribution in [0, 0.1) is 5.92 Å². The highest BCUT2D eigenvalue weighted by atomic mass is 16.7. The smallest absolute Gasteiger partial charge is 0.157 e. The van der Waals surface area contributed by atoms with Gasteiger partial charge in [0.05, 0.1) is 13.2 Å². The predicted octanol–water partition coefficient (Wildman–Crippen LogP) is 1.80. The molecule has 2 nitrogen and oxygen atoms in total. The van der Waals surface area contributed by atoms with Crippen molar-refractivity contribution in [2.24, 2.45) is 5.92 Å². The van der Waals surface area contributed by atoms with Crippen LogP contribution < -0.4 is 0 Å². The van der Waals surface area contributed by atoms with E-state index < -0.39 is 0 Å². The van der Waals surface area contributed by atoms with Gasteiger partial charge in [-0.15, -0.1) is 0 Å². The molecule has 60 valence electrons. The molecule has 1 aliphatic rings. The molecule has 0 N–H and O–H groups in total. The lowest BCUT2D eigenvalue weighted by molar-refractivity contribution is -0.0495. The van der Waals surface area contributed by atoms with Gasteiger partial charge in [0.2, 0.25) is 0 Å². The molecular weight excluding hydrogens is 128 g/mol. The van der Waals surface area contributed by atoms with E-state index in [0.717, 1.165) is 25.6 Å². The van der Waals surface area contributed by atoms with Crippen molar-refractivity contribution in [2.75, 3.05) is 13.2 Å². The molecule has 0 aromatic rings. The Morgan fingerprint density at radius 2 is 1.90 bits per heavy atom. The fourth-order valence-corrected chi connectivity index (χ4v) is 1.04. The van der Waals surface area contributed by atoms with Gasteiger partial charge >= 0.3 is 0 Å². The molecule has 0 unspecified atom stereocenters. The van der Waals surface area contributed by atoms with Gasteiger partial charge in [-0.3, -0.25) is 0 Å². The van der Waals surface area contributed by atoms with Gasteiger partial charge in [-0.2, -0.15) is 0 Å². The fourth-order valence-electron chi connectivity index (χ4n) is 1.04. The summed E-state index contributed by atoms with van der Waals surface area (Å²) in [5.41, 5.74) is 0. The zero-order chi connectivity index (χ0) is 7.40. The highest BCUT2D eigenvalue weighted by Crippen LogP contribution is 2.13. The summed E-state index contributed by atoms with van der Waals surface area (Å²) in [6.45, 7) is 6.00. The second-order valence-electron chi connectivity index (χ2n) is 3.14. The maximum Gasteiger partial charge on any atom is 0.157 e. The molecule has 10 heavy (non-hydrogen) atoms. The Bertz CT molecular complexity index is 85.3. The molecule has 2 heteroatoms.